The monoisotopic (exact) mass is 251 g/mol. The Labute approximate surface area is 106 Å². The molecule has 1 fully saturated rings. The summed E-state index contributed by atoms with van der Waals surface area (Å²) in [6.07, 6.45) is 0.785. The third-order valence-corrected chi connectivity index (χ3v) is 3.53. The van der Waals surface area contributed by atoms with E-state index in [0.717, 1.165) is 12.0 Å². The summed E-state index contributed by atoms with van der Waals surface area (Å²) in [5.41, 5.74) is 0.821. The van der Waals surface area contributed by atoms with E-state index in [0.29, 0.717) is 19.5 Å². The molecule has 1 N–H and O–H groups in total. The van der Waals surface area contributed by atoms with Crippen molar-refractivity contribution in [3.63, 3.8) is 0 Å². The van der Waals surface area contributed by atoms with Crippen LogP contribution < -0.4 is 0 Å². The third-order valence-electron chi connectivity index (χ3n) is 3.53. The summed E-state index contributed by atoms with van der Waals surface area (Å²) in [5.74, 6) is -0.0616. The highest BCUT2D eigenvalue weighted by atomic mass is 19.1. The number of aliphatic hydroxyl groups excluding tert-OH is 1. The molecule has 2 rings (SSSR count). The zero-order valence-electron chi connectivity index (χ0n) is 10.5. The molecule has 3 nitrogen and oxygen atoms in total. The molecule has 1 saturated heterocycles. The number of nitrogens with zero attached hydrogens (tertiary/aromatic N) is 1. The standard InChI is InChI=1S/C14H18FNO2/c1-10(17)12-6-7-16(9-12)14(18)8-11-2-4-13(15)5-3-11/h2-5,10,12,17H,6-9H2,1H3. The molecule has 0 saturated carbocycles. The van der Waals surface area contributed by atoms with E-state index >= 15 is 0 Å². The van der Waals surface area contributed by atoms with Gasteiger partial charge in [0, 0.05) is 19.0 Å². The smallest absolute Gasteiger partial charge is 0.227 e. The highest BCUT2D eigenvalue weighted by Gasteiger charge is 2.28. The molecule has 0 aliphatic carbocycles. The molecule has 2 unspecified atom stereocenters. The van der Waals surface area contributed by atoms with Crippen LogP contribution in [0.25, 0.3) is 0 Å². The first-order valence-electron chi connectivity index (χ1n) is 6.26. The summed E-state index contributed by atoms with van der Waals surface area (Å²) in [5, 5.41) is 9.49. The molecule has 1 aliphatic heterocycles. The molecule has 1 aromatic carbocycles. The summed E-state index contributed by atoms with van der Waals surface area (Å²) >= 11 is 0. The molecular formula is C14H18FNO2. The second kappa shape index (κ2) is 5.48. The Balaban J connectivity index is 1.91. The summed E-state index contributed by atoms with van der Waals surface area (Å²) in [7, 11) is 0. The maximum Gasteiger partial charge on any atom is 0.227 e. The maximum atomic E-state index is 12.7. The second-order valence-electron chi connectivity index (χ2n) is 4.93. The van der Waals surface area contributed by atoms with E-state index < -0.39 is 0 Å². The molecule has 0 aromatic heterocycles. The van der Waals surface area contributed by atoms with Crippen molar-refractivity contribution in [1.29, 1.82) is 0 Å². The average Bonchev–Trinajstić information content (AvgIpc) is 2.81. The van der Waals surface area contributed by atoms with Gasteiger partial charge in [-0.3, -0.25) is 4.79 Å². The Morgan fingerprint density at radius 3 is 2.72 bits per heavy atom. The first kappa shape index (κ1) is 13.0. The van der Waals surface area contributed by atoms with Gasteiger partial charge in [-0.15, -0.1) is 0 Å². The number of hydrogen-bond donors (Lipinski definition) is 1. The average molecular weight is 251 g/mol. The molecule has 1 aromatic rings. The van der Waals surface area contributed by atoms with Crippen molar-refractivity contribution in [2.24, 2.45) is 5.92 Å². The van der Waals surface area contributed by atoms with E-state index in [-0.39, 0.29) is 23.7 Å². The number of hydrogen-bond acceptors (Lipinski definition) is 2. The van der Waals surface area contributed by atoms with Crippen LogP contribution in [0.2, 0.25) is 0 Å². The highest BCUT2D eigenvalue weighted by molar-refractivity contribution is 5.79. The fourth-order valence-corrected chi connectivity index (χ4v) is 2.30. The largest absolute Gasteiger partial charge is 0.393 e. The van der Waals surface area contributed by atoms with E-state index in [1.165, 1.54) is 12.1 Å². The van der Waals surface area contributed by atoms with Crippen molar-refractivity contribution < 1.29 is 14.3 Å². The summed E-state index contributed by atoms with van der Waals surface area (Å²) in [4.78, 5) is 13.8. The summed E-state index contributed by atoms with van der Waals surface area (Å²) in [6, 6.07) is 6.00. The molecule has 1 amide bonds. The lowest BCUT2D eigenvalue weighted by Gasteiger charge is -2.17. The molecule has 98 valence electrons. The minimum Gasteiger partial charge on any atom is -0.393 e. The van der Waals surface area contributed by atoms with Gasteiger partial charge in [0.25, 0.3) is 0 Å². The SMILES string of the molecule is CC(O)C1CCN(C(=O)Cc2ccc(F)cc2)C1. The van der Waals surface area contributed by atoms with Gasteiger partial charge in [-0.05, 0) is 31.0 Å². The van der Waals surface area contributed by atoms with Gasteiger partial charge in [0.05, 0.1) is 12.5 Å². The Morgan fingerprint density at radius 2 is 2.17 bits per heavy atom. The van der Waals surface area contributed by atoms with Crippen LogP contribution >= 0.6 is 0 Å². The van der Waals surface area contributed by atoms with E-state index in [4.69, 9.17) is 0 Å². The number of aliphatic hydroxyl groups is 1. The molecule has 2 atom stereocenters. The third kappa shape index (κ3) is 3.07. The number of likely N-dealkylation sites (tertiary alicyclic amines) is 1. The predicted octanol–water partition coefficient (Wildman–Crippen LogP) is 1.60. The van der Waals surface area contributed by atoms with Crippen molar-refractivity contribution in [3.05, 3.63) is 35.6 Å². The van der Waals surface area contributed by atoms with Crippen LogP contribution in [0.15, 0.2) is 24.3 Å². The van der Waals surface area contributed by atoms with Crippen molar-refractivity contribution >= 4 is 5.91 Å². The number of rotatable bonds is 3. The van der Waals surface area contributed by atoms with Crippen molar-refractivity contribution in [1.82, 2.24) is 4.90 Å². The molecular weight excluding hydrogens is 233 g/mol. The predicted molar refractivity (Wildman–Crippen MR) is 66.5 cm³/mol. The van der Waals surface area contributed by atoms with Crippen molar-refractivity contribution in [2.75, 3.05) is 13.1 Å². The fraction of sp³-hybridized carbons (Fsp3) is 0.500. The summed E-state index contributed by atoms with van der Waals surface area (Å²) in [6.45, 7) is 3.09. The zero-order valence-corrected chi connectivity index (χ0v) is 10.5. The van der Waals surface area contributed by atoms with Crippen LogP contribution in [-0.2, 0) is 11.2 Å². The van der Waals surface area contributed by atoms with Crippen LogP contribution in [0.1, 0.15) is 18.9 Å². The van der Waals surface area contributed by atoms with Gasteiger partial charge < -0.3 is 10.0 Å². The quantitative estimate of drug-likeness (QED) is 0.886. The van der Waals surface area contributed by atoms with Crippen LogP contribution in [0, 0.1) is 11.7 Å². The van der Waals surface area contributed by atoms with E-state index in [1.54, 1.807) is 24.0 Å². The van der Waals surface area contributed by atoms with Gasteiger partial charge >= 0.3 is 0 Å². The fourth-order valence-electron chi connectivity index (χ4n) is 2.30. The van der Waals surface area contributed by atoms with Crippen molar-refractivity contribution in [2.45, 2.75) is 25.9 Å². The van der Waals surface area contributed by atoms with Crippen LogP contribution in [0.5, 0.6) is 0 Å². The molecule has 18 heavy (non-hydrogen) atoms. The van der Waals surface area contributed by atoms with Gasteiger partial charge in [-0.2, -0.15) is 0 Å². The lowest BCUT2D eigenvalue weighted by Crippen LogP contribution is -2.31. The minimum atomic E-state index is -0.367. The summed E-state index contributed by atoms with van der Waals surface area (Å²) < 4.78 is 12.7. The number of carbonyl (C=O) groups excluding carboxylic acids is 1. The molecule has 0 spiro atoms. The lowest BCUT2D eigenvalue weighted by atomic mass is 10.0. The van der Waals surface area contributed by atoms with Crippen LogP contribution in [0.3, 0.4) is 0 Å². The van der Waals surface area contributed by atoms with E-state index in [1.807, 2.05) is 0 Å². The first-order chi connectivity index (χ1) is 8.56. The molecule has 4 heteroatoms. The molecule has 0 radical (unpaired) electrons. The normalized spacial score (nSPS) is 21.1. The highest BCUT2D eigenvalue weighted by Crippen LogP contribution is 2.20. The Kier molecular flexibility index (Phi) is 3.97. The van der Waals surface area contributed by atoms with E-state index in [2.05, 4.69) is 0 Å². The molecule has 1 aliphatic rings. The Morgan fingerprint density at radius 1 is 1.50 bits per heavy atom. The zero-order chi connectivity index (χ0) is 13.1. The number of benzene rings is 1. The van der Waals surface area contributed by atoms with Crippen LogP contribution in [-0.4, -0.2) is 35.1 Å². The number of halogens is 1. The van der Waals surface area contributed by atoms with E-state index in [9.17, 15) is 14.3 Å². The maximum absolute atomic E-state index is 12.7. The Bertz CT molecular complexity index is 416. The Hall–Kier alpha value is -1.42. The van der Waals surface area contributed by atoms with Crippen LogP contribution in [0.4, 0.5) is 4.39 Å². The van der Waals surface area contributed by atoms with Gasteiger partial charge in [-0.1, -0.05) is 12.1 Å². The van der Waals surface area contributed by atoms with Crippen molar-refractivity contribution in [3.8, 4) is 0 Å². The number of amides is 1. The number of carbonyl (C=O) groups is 1. The first-order valence-corrected chi connectivity index (χ1v) is 6.26. The molecule has 0 bridgehead atoms. The topological polar surface area (TPSA) is 40.5 Å². The minimum absolute atomic E-state index is 0.0461. The second-order valence-corrected chi connectivity index (χ2v) is 4.93. The van der Waals surface area contributed by atoms with Gasteiger partial charge in [0.1, 0.15) is 5.82 Å². The molecule has 1 heterocycles. The van der Waals surface area contributed by atoms with Gasteiger partial charge in [0.2, 0.25) is 5.91 Å². The lowest BCUT2D eigenvalue weighted by molar-refractivity contribution is -0.129. The van der Waals surface area contributed by atoms with Gasteiger partial charge in [0.15, 0.2) is 0 Å². The van der Waals surface area contributed by atoms with Gasteiger partial charge in [-0.25, -0.2) is 4.39 Å².